The van der Waals surface area contributed by atoms with Gasteiger partial charge < -0.3 is 4.42 Å². The lowest BCUT2D eigenvalue weighted by Crippen LogP contribution is -1.95. The van der Waals surface area contributed by atoms with Crippen LogP contribution in [-0.4, -0.2) is 6.18 Å². The molecule has 1 nitrogen and oxygen atoms in total. The van der Waals surface area contributed by atoms with E-state index >= 15 is 0 Å². The molecule has 0 saturated heterocycles. The van der Waals surface area contributed by atoms with Crippen LogP contribution in [0, 0.1) is 6.92 Å². The smallest absolute Gasteiger partial charge is 0.386 e. The summed E-state index contributed by atoms with van der Waals surface area (Å²) in [5, 5.41) is 0. The molecule has 0 amide bonds. The van der Waals surface area contributed by atoms with Gasteiger partial charge in [-0.3, -0.25) is 0 Å². The van der Waals surface area contributed by atoms with Gasteiger partial charge in [-0.15, -0.1) is 0 Å². The molecule has 0 radical (unpaired) electrons. The first-order valence-electron chi connectivity index (χ1n) is 2.96. The Morgan fingerprint density at radius 2 is 1.82 bits per heavy atom. The average Bonchev–Trinajstić information content (AvgIpc) is 2.12. The summed E-state index contributed by atoms with van der Waals surface area (Å²) in [7, 11) is 0. The molecule has 1 heterocycles. The SMILES string of the molecule is CC(F)(F)F.Cc1ccco1. The second kappa shape index (κ2) is 4.05. The van der Waals surface area contributed by atoms with Crippen LogP contribution in [0.1, 0.15) is 12.7 Å². The Morgan fingerprint density at radius 3 is 1.91 bits per heavy atom. The molecule has 0 atom stereocenters. The Balaban J connectivity index is 0.000000187. The van der Waals surface area contributed by atoms with Gasteiger partial charge >= 0.3 is 6.18 Å². The highest BCUT2D eigenvalue weighted by Crippen LogP contribution is 2.10. The van der Waals surface area contributed by atoms with Crippen molar-refractivity contribution in [3.8, 4) is 0 Å². The number of aryl methyl sites for hydroxylation is 1. The summed E-state index contributed by atoms with van der Waals surface area (Å²) in [5.41, 5.74) is 0. The first-order chi connectivity index (χ1) is 4.89. The van der Waals surface area contributed by atoms with Crippen molar-refractivity contribution in [3.63, 3.8) is 0 Å². The van der Waals surface area contributed by atoms with E-state index in [9.17, 15) is 13.2 Å². The van der Waals surface area contributed by atoms with Gasteiger partial charge in [0.25, 0.3) is 0 Å². The maximum absolute atomic E-state index is 10.4. The van der Waals surface area contributed by atoms with Crippen molar-refractivity contribution in [2.45, 2.75) is 20.0 Å². The molecule has 4 heteroatoms. The molecule has 0 fully saturated rings. The van der Waals surface area contributed by atoms with Gasteiger partial charge in [-0.25, -0.2) is 0 Å². The molecule has 1 aromatic rings. The van der Waals surface area contributed by atoms with Crippen LogP contribution in [-0.2, 0) is 0 Å². The average molecular weight is 166 g/mol. The fourth-order valence-corrected chi connectivity index (χ4v) is 0.361. The van der Waals surface area contributed by atoms with Gasteiger partial charge in [0.1, 0.15) is 5.76 Å². The number of hydrogen-bond donors (Lipinski definition) is 0. The van der Waals surface area contributed by atoms with Crippen molar-refractivity contribution in [2.75, 3.05) is 0 Å². The standard InChI is InChI=1S/C5H6O.C2H3F3/c1-5-3-2-4-6-5;1-2(3,4)5/h2-4H,1H3;1H3. The van der Waals surface area contributed by atoms with E-state index in [2.05, 4.69) is 0 Å². The Bertz CT molecular complexity index is 170. The summed E-state index contributed by atoms with van der Waals surface area (Å²) in [6.07, 6.45) is -2.34. The minimum absolute atomic E-state index is 0.188. The largest absolute Gasteiger partial charge is 0.470 e. The minimum atomic E-state index is -4.00. The number of rotatable bonds is 0. The molecule has 0 saturated carbocycles. The number of halogens is 3. The predicted molar refractivity (Wildman–Crippen MR) is 35.2 cm³/mol. The van der Waals surface area contributed by atoms with Gasteiger partial charge in [0.2, 0.25) is 0 Å². The van der Waals surface area contributed by atoms with Gasteiger partial charge in [-0.1, -0.05) is 0 Å². The monoisotopic (exact) mass is 166 g/mol. The maximum atomic E-state index is 10.4. The Labute approximate surface area is 62.8 Å². The van der Waals surface area contributed by atoms with Gasteiger partial charge in [0, 0.05) is 6.92 Å². The third-order valence-electron chi connectivity index (χ3n) is 0.663. The van der Waals surface area contributed by atoms with Crippen LogP contribution in [0.25, 0.3) is 0 Å². The quantitative estimate of drug-likeness (QED) is 0.577. The highest BCUT2D eigenvalue weighted by atomic mass is 19.4. The van der Waals surface area contributed by atoms with E-state index < -0.39 is 6.18 Å². The molecule has 0 aliphatic rings. The summed E-state index contributed by atoms with van der Waals surface area (Å²) in [6.45, 7) is 2.10. The summed E-state index contributed by atoms with van der Waals surface area (Å²) in [5.74, 6) is 0.968. The first-order valence-corrected chi connectivity index (χ1v) is 2.96. The normalized spacial score (nSPS) is 10.3. The van der Waals surface area contributed by atoms with Crippen molar-refractivity contribution >= 4 is 0 Å². The van der Waals surface area contributed by atoms with Crippen LogP contribution < -0.4 is 0 Å². The lowest BCUT2D eigenvalue weighted by atomic mass is 10.5. The molecule has 11 heavy (non-hydrogen) atoms. The molecular weight excluding hydrogens is 157 g/mol. The van der Waals surface area contributed by atoms with E-state index in [1.165, 1.54) is 0 Å². The molecule has 1 aromatic heterocycles. The number of alkyl halides is 3. The zero-order valence-corrected chi connectivity index (χ0v) is 6.27. The number of furan rings is 1. The van der Waals surface area contributed by atoms with Crippen molar-refractivity contribution in [2.24, 2.45) is 0 Å². The van der Waals surface area contributed by atoms with E-state index in [0.29, 0.717) is 0 Å². The van der Waals surface area contributed by atoms with Crippen LogP contribution in [0.5, 0.6) is 0 Å². The van der Waals surface area contributed by atoms with Crippen molar-refractivity contribution in [1.82, 2.24) is 0 Å². The molecule has 0 N–H and O–H groups in total. The van der Waals surface area contributed by atoms with Crippen molar-refractivity contribution in [3.05, 3.63) is 24.2 Å². The zero-order valence-electron chi connectivity index (χ0n) is 6.27. The fourth-order valence-electron chi connectivity index (χ4n) is 0.361. The number of hydrogen-bond acceptors (Lipinski definition) is 1. The van der Waals surface area contributed by atoms with E-state index in [-0.39, 0.29) is 6.92 Å². The molecule has 1 rings (SSSR count). The molecule has 0 unspecified atom stereocenters. The molecule has 0 aromatic carbocycles. The van der Waals surface area contributed by atoms with E-state index in [4.69, 9.17) is 4.42 Å². The van der Waals surface area contributed by atoms with E-state index in [1.54, 1.807) is 6.26 Å². The van der Waals surface area contributed by atoms with Gasteiger partial charge in [0.05, 0.1) is 6.26 Å². The van der Waals surface area contributed by atoms with Crippen LogP contribution in [0.3, 0.4) is 0 Å². The lowest BCUT2D eigenvalue weighted by Gasteiger charge is -1.88. The maximum Gasteiger partial charge on any atom is 0.386 e. The Morgan fingerprint density at radius 1 is 1.36 bits per heavy atom. The molecular formula is C7H9F3O. The molecule has 0 aliphatic carbocycles. The van der Waals surface area contributed by atoms with E-state index in [1.807, 2.05) is 19.1 Å². The minimum Gasteiger partial charge on any atom is -0.470 e. The highest BCUT2D eigenvalue weighted by molar-refractivity contribution is 4.93. The van der Waals surface area contributed by atoms with Crippen LogP contribution in [0.2, 0.25) is 0 Å². The van der Waals surface area contributed by atoms with E-state index in [0.717, 1.165) is 5.76 Å². The first kappa shape index (κ1) is 10.1. The summed E-state index contributed by atoms with van der Waals surface area (Å²) in [4.78, 5) is 0. The summed E-state index contributed by atoms with van der Waals surface area (Å²) < 4.78 is 35.9. The van der Waals surface area contributed by atoms with Crippen molar-refractivity contribution in [1.29, 1.82) is 0 Å². The summed E-state index contributed by atoms with van der Waals surface area (Å²) in [6, 6.07) is 3.79. The molecule has 0 bridgehead atoms. The molecule has 0 aliphatic heterocycles. The fraction of sp³-hybridized carbons (Fsp3) is 0.429. The van der Waals surface area contributed by atoms with Gasteiger partial charge in [-0.05, 0) is 19.1 Å². The third kappa shape index (κ3) is 12.3. The zero-order chi connectivity index (χ0) is 8.91. The Kier molecular flexibility index (Phi) is 3.71. The molecule has 64 valence electrons. The second-order valence-electron chi connectivity index (χ2n) is 2.00. The topological polar surface area (TPSA) is 13.1 Å². The van der Waals surface area contributed by atoms with Crippen LogP contribution >= 0.6 is 0 Å². The lowest BCUT2D eigenvalue weighted by molar-refractivity contribution is -0.110. The highest BCUT2D eigenvalue weighted by Gasteiger charge is 2.15. The molecule has 0 spiro atoms. The Hall–Kier alpha value is -0.930. The van der Waals surface area contributed by atoms with Crippen LogP contribution in [0.15, 0.2) is 22.8 Å². The van der Waals surface area contributed by atoms with Gasteiger partial charge in [0.15, 0.2) is 0 Å². The second-order valence-corrected chi connectivity index (χ2v) is 2.00. The predicted octanol–water partition coefficient (Wildman–Crippen LogP) is 3.16. The van der Waals surface area contributed by atoms with Gasteiger partial charge in [-0.2, -0.15) is 13.2 Å². The third-order valence-corrected chi connectivity index (χ3v) is 0.663. The van der Waals surface area contributed by atoms with Crippen LogP contribution in [0.4, 0.5) is 13.2 Å². The summed E-state index contributed by atoms with van der Waals surface area (Å²) >= 11 is 0. The van der Waals surface area contributed by atoms with Crippen molar-refractivity contribution < 1.29 is 17.6 Å².